The summed E-state index contributed by atoms with van der Waals surface area (Å²) in [4.78, 5) is 23.0. The van der Waals surface area contributed by atoms with Gasteiger partial charge in [-0.2, -0.15) is 0 Å². The van der Waals surface area contributed by atoms with Gasteiger partial charge in [0, 0.05) is 6.04 Å². The van der Waals surface area contributed by atoms with E-state index >= 15 is 0 Å². The number of carbonyl (C=O) groups excluding carboxylic acids is 1. The molecular weight excluding hydrogens is 294 g/mol. The molecule has 0 saturated heterocycles. The lowest BCUT2D eigenvalue weighted by molar-refractivity contribution is -0.127. The molecule has 2 N–H and O–H groups in total. The highest BCUT2D eigenvalue weighted by Gasteiger charge is 2.22. The molecule has 0 aromatic heterocycles. The van der Waals surface area contributed by atoms with Gasteiger partial charge in [0.05, 0.1) is 10.6 Å². The first-order valence-corrected chi connectivity index (χ1v) is 7.35. The zero-order chi connectivity index (χ0) is 15.4. The number of hydrogen-bond donors (Lipinski definition) is 2. The summed E-state index contributed by atoms with van der Waals surface area (Å²) in [6.45, 7) is 1.64. The van der Waals surface area contributed by atoms with Crippen LogP contribution in [0.5, 0.6) is 5.75 Å². The topological polar surface area (TPSA) is 75.6 Å². The van der Waals surface area contributed by atoms with Crippen LogP contribution < -0.4 is 10.1 Å². The molecule has 0 bridgehead atoms. The molecule has 1 unspecified atom stereocenters. The van der Waals surface area contributed by atoms with Crippen LogP contribution in [-0.2, 0) is 4.79 Å². The molecule has 1 aliphatic rings. The molecule has 0 radical (unpaired) electrons. The van der Waals surface area contributed by atoms with Gasteiger partial charge in [-0.05, 0) is 38.0 Å². The lowest BCUT2D eigenvalue weighted by Crippen LogP contribution is -2.41. The van der Waals surface area contributed by atoms with Gasteiger partial charge in [-0.15, -0.1) is 0 Å². The summed E-state index contributed by atoms with van der Waals surface area (Å²) < 4.78 is 5.50. The molecular formula is C15H18ClNO4. The number of aromatic carboxylic acids is 1. The minimum Gasteiger partial charge on any atom is -0.481 e. The summed E-state index contributed by atoms with van der Waals surface area (Å²) in [5, 5.41) is 12.1. The molecule has 1 aliphatic carbocycles. The smallest absolute Gasteiger partial charge is 0.337 e. The van der Waals surface area contributed by atoms with Gasteiger partial charge in [0.1, 0.15) is 5.75 Å². The number of nitrogens with one attached hydrogen (secondary N) is 1. The molecule has 1 amide bonds. The molecule has 6 heteroatoms. The Balaban J connectivity index is 1.98. The number of carboxylic acid groups (broad SMARTS) is 1. The lowest BCUT2D eigenvalue weighted by Gasteiger charge is -2.18. The lowest BCUT2D eigenvalue weighted by atomic mass is 10.2. The van der Waals surface area contributed by atoms with Gasteiger partial charge in [-0.3, -0.25) is 4.79 Å². The fourth-order valence-corrected chi connectivity index (χ4v) is 2.59. The molecule has 21 heavy (non-hydrogen) atoms. The van der Waals surface area contributed by atoms with Crippen LogP contribution in [0.15, 0.2) is 18.2 Å². The van der Waals surface area contributed by atoms with E-state index in [1.807, 2.05) is 0 Å². The molecule has 1 saturated carbocycles. The van der Waals surface area contributed by atoms with Crippen LogP contribution in [0.1, 0.15) is 43.0 Å². The summed E-state index contributed by atoms with van der Waals surface area (Å²) in [6.07, 6.45) is 3.59. The van der Waals surface area contributed by atoms with Crippen molar-refractivity contribution in [2.75, 3.05) is 0 Å². The van der Waals surface area contributed by atoms with Crippen LogP contribution in [0.25, 0.3) is 0 Å². The van der Waals surface area contributed by atoms with Crippen molar-refractivity contribution in [2.24, 2.45) is 0 Å². The number of rotatable bonds is 5. The van der Waals surface area contributed by atoms with Crippen molar-refractivity contribution >= 4 is 23.5 Å². The summed E-state index contributed by atoms with van der Waals surface area (Å²) in [5.74, 6) is -1.01. The van der Waals surface area contributed by atoms with Crippen molar-refractivity contribution in [1.82, 2.24) is 5.32 Å². The third-order valence-electron chi connectivity index (χ3n) is 3.55. The molecule has 1 aromatic rings. The molecule has 1 aromatic carbocycles. The van der Waals surface area contributed by atoms with Crippen LogP contribution in [0, 0.1) is 0 Å². The van der Waals surface area contributed by atoms with E-state index in [9.17, 15) is 9.59 Å². The Bertz CT molecular complexity index is 540. The molecule has 1 atom stereocenters. The molecule has 114 valence electrons. The highest BCUT2D eigenvalue weighted by Crippen LogP contribution is 2.23. The first-order chi connectivity index (χ1) is 9.97. The Morgan fingerprint density at radius 2 is 2.05 bits per heavy atom. The number of carboxylic acids is 1. The largest absolute Gasteiger partial charge is 0.481 e. The molecule has 5 nitrogen and oxygen atoms in total. The van der Waals surface area contributed by atoms with E-state index in [1.165, 1.54) is 12.1 Å². The minimum atomic E-state index is -1.13. The van der Waals surface area contributed by atoms with Gasteiger partial charge in [-0.1, -0.05) is 24.4 Å². The summed E-state index contributed by atoms with van der Waals surface area (Å²) >= 11 is 5.79. The Kier molecular flexibility index (Phi) is 5.07. The number of benzene rings is 1. The van der Waals surface area contributed by atoms with Crippen molar-refractivity contribution in [2.45, 2.75) is 44.8 Å². The second kappa shape index (κ2) is 6.80. The van der Waals surface area contributed by atoms with Crippen molar-refractivity contribution in [3.8, 4) is 5.75 Å². The van der Waals surface area contributed by atoms with Crippen LogP contribution in [0.3, 0.4) is 0 Å². The maximum Gasteiger partial charge on any atom is 0.337 e. The average molecular weight is 312 g/mol. The van der Waals surface area contributed by atoms with Gasteiger partial charge in [0.2, 0.25) is 0 Å². The first kappa shape index (κ1) is 15.6. The highest BCUT2D eigenvalue weighted by atomic mass is 35.5. The third kappa shape index (κ3) is 4.11. The van der Waals surface area contributed by atoms with Gasteiger partial charge in [0.25, 0.3) is 5.91 Å². The monoisotopic (exact) mass is 311 g/mol. The van der Waals surface area contributed by atoms with Crippen molar-refractivity contribution in [1.29, 1.82) is 0 Å². The van der Waals surface area contributed by atoms with Crippen LogP contribution in [0.4, 0.5) is 0 Å². The summed E-state index contributed by atoms with van der Waals surface area (Å²) in [6, 6.07) is 4.54. The quantitative estimate of drug-likeness (QED) is 0.876. The van der Waals surface area contributed by atoms with E-state index in [4.69, 9.17) is 21.4 Å². The second-order valence-electron chi connectivity index (χ2n) is 5.20. The van der Waals surface area contributed by atoms with E-state index in [0.29, 0.717) is 5.75 Å². The van der Waals surface area contributed by atoms with E-state index in [-0.39, 0.29) is 22.5 Å². The number of hydrogen-bond acceptors (Lipinski definition) is 3. The maximum atomic E-state index is 12.0. The van der Waals surface area contributed by atoms with Crippen LogP contribution >= 0.6 is 11.6 Å². The minimum absolute atomic E-state index is 0.0439. The highest BCUT2D eigenvalue weighted by molar-refractivity contribution is 6.33. The average Bonchev–Trinajstić information content (AvgIpc) is 2.93. The predicted molar refractivity (Wildman–Crippen MR) is 78.9 cm³/mol. The Morgan fingerprint density at radius 3 is 2.67 bits per heavy atom. The maximum absolute atomic E-state index is 12.0. The Morgan fingerprint density at radius 1 is 1.38 bits per heavy atom. The molecule has 2 rings (SSSR count). The van der Waals surface area contributed by atoms with Crippen molar-refractivity contribution in [3.63, 3.8) is 0 Å². The van der Waals surface area contributed by atoms with Crippen molar-refractivity contribution < 1.29 is 19.4 Å². The second-order valence-corrected chi connectivity index (χ2v) is 5.60. The Hall–Kier alpha value is -1.75. The zero-order valence-corrected chi connectivity index (χ0v) is 12.5. The van der Waals surface area contributed by atoms with E-state index < -0.39 is 12.1 Å². The standard InChI is InChI=1S/C15H18ClNO4/c1-9(14(18)17-10-4-2-3-5-10)21-11-6-7-13(16)12(8-11)15(19)20/h6-10H,2-5H2,1H3,(H,17,18)(H,19,20). The number of carbonyl (C=O) groups is 2. The van der Waals surface area contributed by atoms with E-state index in [1.54, 1.807) is 13.0 Å². The zero-order valence-electron chi connectivity index (χ0n) is 11.8. The molecule has 0 spiro atoms. The summed E-state index contributed by atoms with van der Waals surface area (Å²) in [7, 11) is 0. The molecule has 1 fully saturated rings. The molecule has 0 aliphatic heterocycles. The first-order valence-electron chi connectivity index (χ1n) is 6.97. The number of ether oxygens (including phenoxy) is 1. The van der Waals surface area contributed by atoms with Gasteiger partial charge in [-0.25, -0.2) is 4.79 Å². The van der Waals surface area contributed by atoms with Crippen molar-refractivity contribution in [3.05, 3.63) is 28.8 Å². The fourth-order valence-electron chi connectivity index (χ4n) is 2.39. The summed E-state index contributed by atoms with van der Waals surface area (Å²) in [5.41, 5.74) is -0.0439. The molecule has 0 heterocycles. The van der Waals surface area contributed by atoms with Gasteiger partial charge in [0.15, 0.2) is 6.10 Å². The SMILES string of the molecule is CC(Oc1ccc(Cl)c(C(=O)O)c1)C(=O)NC1CCCC1. The number of halogens is 1. The van der Waals surface area contributed by atoms with E-state index in [0.717, 1.165) is 25.7 Å². The van der Waals surface area contributed by atoms with Gasteiger partial charge >= 0.3 is 5.97 Å². The predicted octanol–water partition coefficient (Wildman–Crippen LogP) is 2.86. The normalized spacial score (nSPS) is 16.5. The van der Waals surface area contributed by atoms with E-state index in [2.05, 4.69) is 5.32 Å². The Labute approximate surface area is 128 Å². The number of amides is 1. The van der Waals surface area contributed by atoms with Crippen LogP contribution in [0.2, 0.25) is 5.02 Å². The van der Waals surface area contributed by atoms with Crippen LogP contribution in [-0.4, -0.2) is 29.1 Å². The fraction of sp³-hybridized carbons (Fsp3) is 0.467. The van der Waals surface area contributed by atoms with Gasteiger partial charge < -0.3 is 15.2 Å². The third-order valence-corrected chi connectivity index (χ3v) is 3.88.